The number of carboxylic acids is 1. The molecule has 1 aliphatic rings. The molecule has 1 N–H and O–H groups in total. The third-order valence-corrected chi connectivity index (χ3v) is 3.27. The third kappa shape index (κ3) is 3.55. The van der Waals surface area contributed by atoms with Gasteiger partial charge in [0.2, 0.25) is 0 Å². The molecule has 98 valence electrons. The van der Waals surface area contributed by atoms with E-state index >= 15 is 0 Å². The lowest BCUT2D eigenvalue weighted by Gasteiger charge is -2.32. The van der Waals surface area contributed by atoms with E-state index in [9.17, 15) is 4.79 Å². The molecule has 2 rings (SSSR count). The lowest BCUT2D eigenvalue weighted by molar-refractivity contribution is -0.148. The van der Waals surface area contributed by atoms with Gasteiger partial charge in [-0.05, 0) is 18.4 Å². The highest BCUT2D eigenvalue weighted by atomic mass is 16.5. The average molecular weight is 249 g/mol. The average Bonchev–Trinajstić information content (AvgIpc) is 2.40. The Morgan fingerprint density at radius 2 is 2.11 bits per heavy atom. The molecule has 0 bridgehead atoms. The Hall–Kier alpha value is -1.39. The Morgan fingerprint density at radius 1 is 1.33 bits per heavy atom. The molecule has 0 spiro atoms. The van der Waals surface area contributed by atoms with Crippen LogP contribution in [0, 0.1) is 0 Å². The number of hydrogen-bond acceptors (Lipinski definition) is 3. The topological polar surface area (TPSA) is 49.8 Å². The van der Waals surface area contributed by atoms with Crippen molar-refractivity contribution >= 4 is 5.97 Å². The molecule has 18 heavy (non-hydrogen) atoms. The molecule has 4 nitrogen and oxygen atoms in total. The van der Waals surface area contributed by atoms with Crippen molar-refractivity contribution < 1.29 is 14.6 Å². The Morgan fingerprint density at radius 3 is 2.83 bits per heavy atom. The normalized spacial score (nSPS) is 20.8. The van der Waals surface area contributed by atoms with Crippen LogP contribution >= 0.6 is 0 Å². The lowest BCUT2D eigenvalue weighted by Crippen LogP contribution is -2.45. The predicted molar refractivity (Wildman–Crippen MR) is 68.1 cm³/mol. The molecule has 0 aliphatic carbocycles. The highest BCUT2D eigenvalue weighted by Crippen LogP contribution is 2.17. The van der Waals surface area contributed by atoms with Crippen molar-refractivity contribution in [1.82, 2.24) is 4.90 Å². The van der Waals surface area contributed by atoms with Crippen molar-refractivity contribution in [3.8, 4) is 0 Å². The summed E-state index contributed by atoms with van der Waals surface area (Å²) in [6.07, 6.45) is 2.77. The molecule has 0 saturated carbocycles. The fourth-order valence-electron chi connectivity index (χ4n) is 2.28. The molecule has 0 unspecified atom stereocenters. The van der Waals surface area contributed by atoms with Crippen LogP contribution in [0.4, 0.5) is 0 Å². The van der Waals surface area contributed by atoms with Crippen LogP contribution in [0.1, 0.15) is 24.8 Å². The van der Waals surface area contributed by atoms with Crippen molar-refractivity contribution in [1.29, 1.82) is 0 Å². The zero-order valence-corrected chi connectivity index (χ0v) is 10.4. The van der Waals surface area contributed by atoms with E-state index in [1.807, 2.05) is 35.2 Å². The van der Waals surface area contributed by atoms with Crippen LogP contribution in [-0.4, -0.2) is 35.3 Å². The van der Waals surface area contributed by atoms with Crippen LogP contribution in [0.3, 0.4) is 0 Å². The number of ether oxygens (including phenoxy) is 1. The summed E-state index contributed by atoms with van der Waals surface area (Å²) >= 11 is 0. The second-order valence-electron chi connectivity index (χ2n) is 4.63. The number of rotatable bonds is 5. The maximum Gasteiger partial charge on any atom is 0.320 e. The van der Waals surface area contributed by atoms with E-state index in [1.54, 1.807) is 0 Å². The van der Waals surface area contributed by atoms with E-state index < -0.39 is 5.97 Å². The summed E-state index contributed by atoms with van der Waals surface area (Å²) in [6, 6.07) is 9.54. The first-order valence-corrected chi connectivity index (χ1v) is 6.36. The van der Waals surface area contributed by atoms with Crippen LogP contribution in [0.5, 0.6) is 0 Å². The number of aliphatic carboxylic acids is 1. The number of piperidine rings is 1. The quantitative estimate of drug-likeness (QED) is 0.868. The van der Waals surface area contributed by atoms with E-state index in [2.05, 4.69) is 0 Å². The zero-order chi connectivity index (χ0) is 12.8. The Labute approximate surface area is 107 Å². The van der Waals surface area contributed by atoms with Gasteiger partial charge in [0.25, 0.3) is 0 Å². The van der Waals surface area contributed by atoms with Gasteiger partial charge in [-0.1, -0.05) is 36.8 Å². The largest absolute Gasteiger partial charge is 0.480 e. The van der Waals surface area contributed by atoms with E-state index in [0.29, 0.717) is 13.3 Å². The van der Waals surface area contributed by atoms with Gasteiger partial charge >= 0.3 is 5.97 Å². The molecule has 1 saturated heterocycles. The Kier molecular flexibility index (Phi) is 4.73. The van der Waals surface area contributed by atoms with Gasteiger partial charge in [0.05, 0.1) is 6.61 Å². The minimum absolute atomic E-state index is 0.380. The fourth-order valence-corrected chi connectivity index (χ4v) is 2.28. The van der Waals surface area contributed by atoms with Gasteiger partial charge in [0.15, 0.2) is 0 Å². The standard InChI is InChI=1S/C14H19NO3/c16-14(17)13-8-4-5-9-15(13)11-18-10-12-6-2-1-3-7-12/h1-3,6-7,13H,4-5,8-11H2,(H,16,17)/t13-/m0/s1. The lowest BCUT2D eigenvalue weighted by atomic mass is 10.0. The van der Waals surface area contributed by atoms with E-state index in [1.165, 1.54) is 0 Å². The molecule has 1 atom stereocenters. The first-order chi connectivity index (χ1) is 8.77. The molecule has 1 fully saturated rings. The second-order valence-corrected chi connectivity index (χ2v) is 4.63. The highest BCUT2D eigenvalue weighted by molar-refractivity contribution is 5.73. The Balaban J connectivity index is 1.79. The van der Waals surface area contributed by atoms with Gasteiger partial charge in [-0.25, -0.2) is 0 Å². The maximum absolute atomic E-state index is 11.1. The zero-order valence-electron chi connectivity index (χ0n) is 10.4. The molecule has 1 heterocycles. The molecular weight excluding hydrogens is 230 g/mol. The van der Waals surface area contributed by atoms with Crippen molar-refractivity contribution in [2.75, 3.05) is 13.3 Å². The third-order valence-electron chi connectivity index (χ3n) is 3.27. The van der Waals surface area contributed by atoms with Gasteiger partial charge in [0.1, 0.15) is 12.8 Å². The van der Waals surface area contributed by atoms with Gasteiger partial charge in [-0.3, -0.25) is 9.69 Å². The van der Waals surface area contributed by atoms with Crippen molar-refractivity contribution in [3.63, 3.8) is 0 Å². The maximum atomic E-state index is 11.1. The van der Waals surface area contributed by atoms with Gasteiger partial charge in [-0.15, -0.1) is 0 Å². The number of carbonyl (C=O) groups is 1. The summed E-state index contributed by atoms with van der Waals surface area (Å²) in [7, 11) is 0. The fraction of sp³-hybridized carbons (Fsp3) is 0.500. The monoisotopic (exact) mass is 249 g/mol. The minimum atomic E-state index is -0.738. The van der Waals surface area contributed by atoms with Crippen molar-refractivity contribution in [3.05, 3.63) is 35.9 Å². The van der Waals surface area contributed by atoms with Gasteiger partial charge in [-0.2, -0.15) is 0 Å². The number of benzene rings is 1. The molecule has 4 heteroatoms. The summed E-state index contributed by atoms with van der Waals surface area (Å²) in [6.45, 7) is 1.74. The molecular formula is C14H19NO3. The molecule has 1 aromatic carbocycles. The summed E-state index contributed by atoms with van der Waals surface area (Å²) < 4.78 is 5.60. The second kappa shape index (κ2) is 6.52. The van der Waals surface area contributed by atoms with Crippen molar-refractivity contribution in [2.45, 2.75) is 31.9 Å². The van der Waals surface area contributed by atoms with Crippen LogP contribution in [-0.2, 0) is 16.1 Å². The molecule has 0 aromatic heterocycles. The summed E-state index contributed by atoms with van der Waals surface area (Å²) in [5, 5.41) is 9.13. The van der Waals surface area contributed by atoms with Crippen LogP contribution in [0.15, 0.2) is 30.3 Å². The molecule has 1 aromatic rings. The summed E-state index contributed by atoms with van der Waals surface area (Å²) in [5.74, 6) is -0.738. The number of nitrogens with zero attached hydrogens (tertiary/aromatic N) is 1. The van der Waals surface area contributed by atoms with E-state index in [-0.39, 0.29) is 6.04 Å². The SMILES string of the molecule is O=C(O)[C@@H]1CCCCN1COCc1ccccc1. The predicted octanol–water partition coefficient (Wildman–Crippen LogP) is 2.10. The molecule has 0 amide bonds. The van der Waals surface area contributed by atoms with Gasteiger partial charge in [0, 0.05) is 6.54 Å². The first-order valence-electron chi connectivity index (χ1n) is 6.36. The molecule has 1 aliphatic heterocycles. The van der Waals surface area contributed by atoms with E-state index in [0.717, 1.165) is 31.4 Å². The van der Waals surface area contributed by atoms with Crippen LogP contribution < -0.4 is 0 Å². The van der Waals surface area contributed by atoms with E-state index in [4.69, 9.17) is 9.84 Å². The number of likely N-dealkylation sites (tertiary alicyclic amines) is 1. The number of hydrogen-bond donors (Lipinski definition) is 1. The summed E-state index contributed by atoms with van der Waals surface area (Å²) in [4.78, 5) is 13.0. The highest BCUT2D eigenvalue weighted by Gasteiger charge is 2.28. The van der Waals surface area contributed by atoms with Crippen LogP contribution in [0.2, 0.25) is 0 Å². The first kappa shape index (κ1) is 13.1. The van der Waals surface area contributed by atoms with Crippen LogP contribution in [0.25, 0.3) is 0 Å². The minimum Gasteiger partial charge on any atom is -0.480 e. The number of carboxylic acid groups (broad SMARTS) is 1. The molecule has 0 radical (unpaired) electrons. The van der Waals surface area contributed by atoms with Gasteiger partial charge < -0.3 is 9.84 Å². The smallest absolute Gasteiger partial charge is 0.320 e. The van der Waals surface area contributed by atoms with Crippen molar-refractivity contribution in [2.24, 2.45) is 0 Å². The summed E-state index contributed by atoms with van der Waals surface area (Å²) in [5.41, 5.74) is 1.11. The Bertz CT molecular complexity index is 380.